The van der Waals surface area contributed by atoms with Crippen LogP contribution in [0.1, 0.15) is 24.1 Å². The third-order valence-corrected chi connectivity index (χ3v) is 9.44. The van der Waals surface area contributed by atoms with Crippen molar-refractivity contribution in [1.82, 2.24) is 0 Å². The molecule has 0 N–H and O–H groups in total. The monoisotopic (exact) mass is 579 g/mol. The Hall–Kier alpha value is -5.67. The van der Waals surface area contributed by atoms with Crippen molar-refractivity contribution in [2.45, 2.75) is 13.0 Å². The standard InChI is InChI=1S/C42H29NO2/c1-42-23-11-10-18-36(42)35(28-14-6-3-7-15-28)26-43-41(42)30-20-22-38-34(25-30)40-39(45-38)32-17-9-8-16-31(32)33-24-29(19-21-37(33)44-40)27-12-4-2-5-13-27/h2-26,41H,1H3. The number of ether oxygens (including phenoxy) is 1. The number of allylic oxidation sites excluding steroid dienone is 4. The Morgan fingerprint density at radius 1 is 0.667 bits per heavy atom. The summed E-state index contributed by atoms with van der Waals surface area (Å²) in [5.74, 6) is 2.31. The van der Waals surface area contributed by atoms with Gasteiger partial charge in [-0.3, -0.25) is 4.99 Å². The van der Waals surface area contributed by atoms with Crippen molar-refractivity contribution in [1.29, 1.82) is 0 Å². The van der Waals surface area contributed by atoms with Gasteiger partial charge in [-0.05, 0) is 64.6 Å². The van der Waals surface area contributed by atoms with E-state index in [1.807, 2.05) is 12.3 Å². The number of dihydropyridines is 1. The molecule has 2 atom stereocenters. The summed E-state index contributed by atoms with van der Waals surface area (Å²) in [6, 6.07) is 42.2. The van der Waals surface area contributed by atoms with Crippen molar-refractivity contribution >= 4 is 22.8 Å². The molecule has 3 heterocycles. The quantitative estimate of drug-likeness (QED) is 0.209. The van der Waals surface area contributed by atoms with E-state index in [-0.39, 0.29) is 11.5 Å². The molecule has 0 spiro atoms. The molecule has 3 heteroatoms. The number of nitrogens with zero attached hydrogens (tertiary/aromatic N) is 1. The van der Waals surface area contributed by atoms with Crippen LogP contribution in [-0.2, 0) is 0 Å². The van der Waals surface area contributed by atoms with E-state index >= 15 is 0 Å². The summed E-state index contributed by atoms with van der Waals surface area (Å²) in [5.41, 5.74) is 10.7. The molecule has 0 fully saturated rings. The number of furan rings is 1. The normalized spacial score (nSPS) is 19.4. The Morgan fingerprint density at radius 3 is 2.24 bits per heavy atom. The summed E-state index contributed by atoms with van der Waals surface area (Å²) in [7, 11) is 0. The number of hydrogen-bond donors (Lipinski definition) is 0. The van der Waals surface area contributed by atoms with Crippen LogP contribution in [0.25, 0.3) is 50.1 Å². The maximum absolute atomic E-state index is 6.81. The Labute approximate surface area is 262 Å². The lowest BCUT2D eigenvalue weighted by atomic mass is 9.67. The first-order valence-electron chi connectivity index (χ1n) is 15.4. The van der Waals surface area contributed by atoms with Crippen molar-refractivity contribution in [2.24, 2.45) is 10.4 Å². The van der Waals surface area contributed by atoms with E-state index in [1.165, 1.54) is 22.3 Å². The van der Waals surface area contributed by atoms with Crippen LogP contribution in [-0.4, -0.2) is 6.21 Å². The highest BCUT2D eigenvalue weighted by Crippen LogP contribution is 2.54. The van der Waals surface area contributed by atoms with Crippen LogP contribution in [0.4, 0.5) is 0 Å². The van der Waals surface area contributed by atoms with Crippen molar-refractivity contribution < 1.29 is 9.15 Å². The first-order valence-corrected chi connectivity index (χ1v) is 15.4. The maximum Gasteiger partial charge on any atom is 0.181 e. The molecule has 214 valence electrons. The molecule has 2 unspecified atom stereocenters. The third kappa shape index (κ3) is 4.01. The second kappa shape index (κ2) is 9.93. The first-order chi connectivity index (χ1) is 22.2. The van der Waals surface area contributed by atoms with Crippen LogP contribution < -0.4 is 4.74 Å². The molecule has 1 aromatic heterocycles. The zero-order valence-electron chi connectivity index (χ0n) is 24.8. The Balaban J connectivity index is 1.18. The summed E-state index contributed by atoms with van der Waals surface area (Å²) in [5, 5.41) is 0.950. The Morgan fingerprint density at radius 2 is 1.42 bits per heavy atom. The van der Waals surface area contributed by atoms with Crippen LogP contribution in [0.2, 0.25) is 0 Å². The van der Waals surface area contributed by atoms with Crippen molar-refractivity contribution in [3.8, 4) is 45.1 Å². The molecule has 0 amide bonds. The average Bonchev–Trinajstić information content (AvgIpc) is 3.39. The molecule has 0 bridgehead atoms. The van der Waals surface area contributed by atoms with E-state index in [0.29, 0.717) is 0 Å². The third-order valence-electron chi connectivity index (χ3n) is 9.44. The van der Waals surface area contributed by atoms with E-state index < -0.39 is 0 Å². The first kappa shape index (κ1) is 25.8. The van der Waals surface area contributed by atoms with Crippen LogP contribution >= 0.6 is 0 Å². The average molecular weight is 580 g/mol. The van der Waals surface area contributed by atoms with Crippen molar-refractivity contribution in [3.05, 3.63) is 162 Å². The lowest BCUT2D eigenvalue weighted by molar-refractivity contribution is 0.416. The molecule has 9 rings (SSSR count). The van der Waals surface area contributed by atoms with Gasteiger partial charge in [0.2, 0.25) is 0 Å². The molecule has 45 heavy (non-hydrogen) atoms. The Kier molecular flexibility index (Phi) is 5.69. The minimum absolute atomic E-state index is 0.102. The highest BCUT2D eigenvalue weighted by atomic mass is 16.5. The van der Waals surface area contributed by atoms with E-state index in [4.69, 9.17) is 14.1 Å². The molecule has 0 radical (unpaired) electrons. The summed E-state index contributed by atoms with van der Waals surface area (Å²) in [4.78, 5) is 5.21. The highest BCUT2D eigenvalue weighted by Gasteiger charge is 2.40. The molecule has 1 aliphatic carbocycles. The van der Waals surface area contributed by atoms with Crippen LogP contribution in [0, 0.1) is 5.41 Å². The zero-order chi connectivity index (χ0) is 30.0. The fourth-order valence-electron chi connectivity index (χ4n) is 7.16. The second-order valence-corrected chi connectivity index (χ2v) is 12.1. The minimum atomic E-state index is -0.309. The van der Waals surface area contributed by atoms with Gasteiger partial charge in [-0.15, -0.1) is 0 Å². The largest absolute Gasteiger partial charge is 0.452 e. The van der Waals surface area contributed by atoms with Crippen LogP contribution in [0.15, 0.2) is 161 Å². The van der Waals surface area contributed by atoms with Gasteiger partial charge in [-0.1, -0.05) is 121 Å². The van der Waals surface area contributed by atoms with E-state index in [9.17, 15) is 0 Å². The fourth-order valence-corrected chi connectivity index (χ4v) is 7.16. The van der Waals surface area contributed by atoms with Gasteiger partial charge in [0.05, 0.1) is 11.4 Å². The van der Waals surface area contributed by atoms with E-state index in [2.05, 4.69) is 146 Å². The molecule has 2 aliphatic heterocycles. The number of benzene rings is 5. The summed E-state index contributed by atoms with van der Waals surface area (Å²) in [6.07, 6.45) is 10.8. The molecule has 6 aromatic rings. The lowest BCUT2D eigenvalue weighted by Crippen LogP contribution is -2.29. The maximum atomic E-state index is 6.81. The van der Waals surface area contributed by atoms with Crippen LogP contribution in [0.5, 0.6) is 11.5 Å². The fraction of sp³-hybridized carbons (Fsp3) is 0.0714. The van der Waals surface area contributed by atoms with Gasteiger partial charge in [0, 0.05) is 28.3 Å². The molecule has 0 saturated heterocycles. The van der Waals surface area contributed by atoms with E-state index in [0.717, 1.165) is 56.0 Å². The number of fused-ring (bicyclic) bond motifs is 8. The van der Waals surface area contributed by atoms with Crippen molar-refractivity contribution in [3.63, 3.8) is 0 Å². The van der Waals surface area contributed by atoms with Gasteiger partial charge < -0.3 is 9.15 Å². The molecular formula is C42H29NO2. The summed E-state index contributed by atoms with van der Waals surface area (Å²) >= 11 is 0. The minimum Gasteiger partial charge on any atom is -0.452 e. The van der Waals surface area contributed by atoms with Gasteiger partial charge in [-0.25, -0.2) is 0 Å². The predicted octanol–water partition coefficient (Wildman–Crippen LogP) is 11.3. The number of hydrogen-bond acceptors (Lipinski definition) is 3. The molecular weight excluding hydrogens is 550 g/mol. The highest BCUT2D eigenvalue weighted by molar-refractivity contribution is 6.13. The topological polar surface area (TPSA) is 34.7 Å². The van der Waals surface area contributed by atoms with Crippen molar-refractivity contribution in [2.75, 3.05) is 0 Å². The predicted molar refractivity (Wildman–Crippen MR) is 184 cm³/mol. The SMILES string of the molecule is CC12C=CC=CC1=C(c1ccccc1)C=NC2c1ccc2oc3c(c2c1)Oc1ccc(-c2ccccc2)cc1-c1ccccc1-3. The lowest BCUT2D eigenvalue weighted by Gasteiger charge is -2.39. The van der Waals surface area contributed by atoms with Crippen LogP contribution in [0.3, 0.4) is 0 Å². The second-order valence-electron chi connectivity index (χ2n) is 12.1. The van der Waals surface area contributed by atoms with Gasteiger partial charge in [0.1, 0.15) is 11.3 Å². The molecule has 5 aromatic carbocycles. The number of rotatable bonds is 3. The molecule has 0 saturated carbocycles. The Bertz CT molecular complexity index is 2250. The van der Waals surface area contributed by atoms with Gasteiger partial charge in [0.25, 0.3) is 0 Å². The smallest absolute Gasteiger partial charge is 0.181 e. The molecule has 3 aliphatic rings. The van der Waals surface area contributed by atoms with E-state index in [1.54, 1.807) is 0 Å². The number of aliphatic imine (C=N–C) groups is 1. The molecule has 3 nitrogen and oxygen atoms in total. The summed E-state index contributed by atoms with van der Waals surface area (Å²) in [6.45, 7) is 2.29. The van der Waals surface area contributed by atoms with Gasteiger partial charge >= 0.3 is 0 Å². The summed E-state index contributed by atoms with van der Waals surface area (Å²) < 4.78 is 13.4. The van der Waals surface area contributed by atoms with Gasteiger partial charge in [0.15, 0.2) is 11.5 Å². The van der Waals surface area contributed by atoms with Gasteiger partial charge in [-0.2, -0.15) is 0 Å². The zero-order valence-corrected chi connectivity index (χ0v) is 24.8.